The Morgan fingerprint density at radius 1 is 1.46 bits per heavy atom. The summed E-state index contributed by atoms with van der Waals surface area (Å²) in [5.41, 5.74) is 1.34. The van der Waals surface area contributed by atoms with E-state index in [4.69, 9.17) is 0 Å². The van der Waals surface area contributed by atoms with Crippen molar-refractivity contribution in [1.29, 1.82) is 0 Å². The van der Waals surface area contributed by atoms with Gasteiger partial charge in [-0.25, -0.2) is 0 Å². The second-order valence-electron chi connectivity index (χ2n) is 4.70. The van der Waals surface area contributed by atoms with Crippen LogP contribution in [0.25, 0.3) is 0 Å². The monoisotopic (exact) mass is 181 g/mol. The van der Waals surface area contributed by atoms with E-state index in [-0.39, 0.29) is 0 Å². The lowest BCUT2D eigenvalue weighted by molar-refractivity contribution is 0.215. The van der Waals surface area contributed by atoms with Crippen LogP contribution in [0.4, 0.5) is 0 Å². The first-order valence-corrected chi connectivity index (χ1v) is 5.45. The average Bonchev–Trinajstić information content (AvgIpc) is 2.08. The Balaban J connectivity index is 2.44. The lowest BCUT2D eigenvalue weighted by Gasteiger charge is -2.34. The highest BCUT2D eigenvalue weighted by atomic mass is 14.9. The zero-order chi connectivity index (χ0) is 9.84. The number of hydrogen-bond acceptors (Lipinski definition) is 1. The van der Waals surface area contributed by atoms with Crippen LogP contribution >= 0.6 is 0 Å². The molecule has 13 heavy (non-hydrogen) atoms. The molecule has 3 unspecified atom stereocenters. The van der Waals surface area contributed by atoms with Gasteiger partial charge in [-0.15, -0.1) is 6.58 Å². The van der Waals surface area contributed by atoms with Gasteiger partial charge in [-0.2, -0.15) is 0 Å². The van der Waals surface area contributed by atoms with Crippen molar-refractivity contribution >= 4 is 0 Å². The molecular formula is C12H23N. The molecule has 0 amide bonds. The van der Waals surface area contributed by atoms with Gasteiger partial charge in [0.2, 0.25) is 0 Å². The van der Waals surface area contributed by atoms with Gasteiger partial charge in [0, 0.05) is 6.04 Å². The fourth-order valence-electron chi connectivity index (χ4n) is 2.41. The van der Waals surface area contributed by atoms with Crippen molar-refractivity contribution in [1.82, 2.24) is 5.32 Å². The summed E-state index contributed by atoms with van der Waals surface area (Å²) < 4.78 is 0. The van der Waals surface area contributed by atoms with Crippen molar-refractivity contribution in [2.24, 2.45) is 11.8 Å². The van der Waals surface area contributed by atoms with Crippen molar-refractivity contribution in [2.75, 3.05) is 7.05 Å². The third-order valence-corrected chi connectivity index (χ3v) is 3.38. The van der Waals surface area contributed by atoms with Crippen molar-refractivity contribution in [3.8, 4) is 0 Å². The van der Waals surface area contributed by atoms with Gasteiger partial charge in [0.1, 0.15) is 0 Å². The van der Waals surface area contributed by atoms with Gasteiger partial charge in [-0.3, -0.25) is 0 Å². The Hall–Kier alpha value is -0.300. The van der Waals surface area contributed by atoms with Crippen LogP contribution in [0.1, 0.15) is 39.5 Å². The normalized spacial score (nSPS) is 34.5. The van der Waals surface area contributed by atoms with Crippen LogP contribution in [0.5, 0.6) is 0 Å². The predicted molar refractivity (Wildman–Crippen MR) is 58.8 cm³/mol. The Bertz CT molecular complexity index is 174. The summed E-state index contributed by atoms with van der Waals surface area (Å²) in [7, 11) is 2.08. The Labute approximate surface area is 82.6 Å². The summed E-state index contributed by atoms with van der Waals surface area (Å²) in [6, 6.07) is 0.751. The zero-order valence-electron chi connectivity index (χ0n) is 9.27. The molecular weight excluding hydrogens is 158 g/mol. The molecule has 1 aliphatic rings. The molecule has 0 aromatic rings. The summed E-state index contributed by atoms with van der Waals surface area (Å²) in [6.07, 6.45) is 5.29. The molecule has 0 bridgehead atoms. The molecule has 0 aromatic carbocycles. The van der Waals surface area contributed by atoms with Crippen LogP contribution in [-0.2, 0) is 0 Å². The van der Waals surface area contributed by atoms with Gasteiger partial charge in [0.25, 0.3) is 0 Å². The first-order chi connectivity index (χ1) is 6.13. The molecule has 0 saturated heterocycles. The second kappa shape index (κ2) is 4.80. The Morgan fingerprint density at radius 2 is 2.15 bits per heavy atom. The number of rotatable bonds is 3. The molecule has 0 radical (unpaired) electrons. The predicted octanol–water partition coefficient (Wildman–Crippen LogP) is 2.98. The van der Waals surface area contributed by atoms with Crippen molar-refractivity contribution < 1.29 is 0 Å². The molecule has 0 aromatic heterocycles. The molecule has 76 valence electrons. The molecule has 3 atom stereocenters. The number of allylic oxidation sites excluding steroid dienone is 1. The van der Waals surface area contributed by atoms with Gasteiger partial charge in [0.05, 0.1) is 0 Å². The fourth-order valence-corrected chi connectivity index (χ4v) is 2.41. The lowest BCUT2D eigenvalue weighted by atomic mass is 9.75. The zero-order valence-corrected chi connectivity index (χ0v) is 9.27. The van der Waals surface area contributed by atoms with Crippen LogP contribution in [0, 0.1) is 11.8 Å². The van der Waals surface area contributed by atoms with Crippen LogP contribution < -0.4 is 5.32 Å². The van der Waals surface area contributed by atoms with E-state index in [2.05, 4.69) is 32.8 Å². The summed E-state index contributed by atoms with van der Waals surface area (Å²) in [5, 5.41) is 3.40. The van der Waals surface area contributed by atoms with Crippen LogP contribution in [-0.4, -0.2) is 13.1 Å². The molecule has 1 rings (SSSR count). The number of hydrogen-bond donors (Lipinski definition) is 1. The van der Waals surface area contributed by atoms with E-state index in [1.54, 1.807) is 0 Å². The summed E-state index contributed by atoms with van der Waals surface area (Å²) >= 11 is 0. The molecule has 0 spiro atoms. The molecule has 1 aliphatic carbocycles. The van der Waals surface area contributed by atoms with Crippen LogP contribution in [0.3, 0.4) is 0 Å². The minimum atomic E-state index is 0.751. The SMILES string of the molecule is C=C(C)CC1CC(NC)CCC1C. The summed E-state index contributed by atoms with van der Waals surface area (Å²) in [6.45, 7) is 8.55. The number of nitrogens with one attached hydrogen (secondary N) is 1. The van der Waals surface area contributed by atoms with E-state index >= 15 is 0 Å². The second-order valence-corrected chi connectivity index (χ2v) is 4.70. The molecule has 1 nitrogen and oxygen atoms in total. The molecule has 1 N–H and O–H groups in total. The molecule has 1 fully saturated rings. The minimum Gasteiger partial charge on any atom is -0.317 e. The first kappa shape index (κ1) is 10.8. The minimum absolute atomic E-state index is 0.751. The van der Waals surface area contributed by atoms with Gasteiger partial charge in [-0.1, -0.05) is 12.5 Å². The first-order valence-electron chi connectivity index (χ1n) is 5.45. The van der Waals surface area contributed by atoms with Gasteiger partial charge in [0.15, 0.2) is 0 Å². The summed E-state index contributed by atoms with van der Waals surface area (Å²) in [4.78, 5) is 0. The molecule has 0 aliphatic heterocycles. The van der Waals surface area contributed by atoms with Gasteiger partial charge >= 0.3 is 0 Å². The quantitative estimate of drug-likeness (QED) is 0.660. The third kappa shape index (κ3) is 3.15. The maximum Gasteiger partial charge on any atom is 0.00670 e. The van der Waals surface area contributed by atoms with E-state index in [9.17, 15) is 0 Å². The van der Waals surface area contributed by atoms with E-state index < -0.39 is 0 Å². The van der Waals surface area contributed by atoms with Crippen LogP contribution in [0.15, 0.2) is 12.2 Å². The molecule has 1 saturated carbocycles. The highest BCUT2D eigenvalue weighted by Gasteiger charge is 2.26. The van der Waals surface area contributed by atoms with Crippen LogP contribution in [0.2, 0.25) is 0 Å². The average molecular weight is 181 g/mol. The van der Waals surface area contributed by atoms with E-state index in [0.29, 0.717) is 0 Å². The van der Waals surface area contributed by atoms with E-state index in [0.717, 1.165) is 17.9 Å². The fraction of sp³-hybridized carbons (Fsp3) is 0.833. The lowest BCUT2D eigenvalue weighted by Crippen LogP contribution is -2.34. The van der Waals surface area contributed by atoms with Gasteiger partial charge in [-0.05, 0) is 51.5 Å². The van der Waals surface area contributed by atoms with E-state index in [1.165, 1.54) is 31.3 Å². The maximum absolute atomic E-state index is 4.01. The van der Waals surface area contributed by atoms with E-state index in [1.807, 2.05) is 0 Å². The summed E-state index contributed by atoms with van der Waals surface area (Å²) in [5.74, 6) is 1.75. The molecule has 1 heteroatoms. The maximum atomic E-state index is 4.01. The topological polar surface area (TPSA) is 12.0 Å². The Morgan fingerprint density at radius 3 is 2.69 bits per heavy atom. The smallest absolute Gasteiger partial charge is 0.00670 e. The van der Waals surface area contributed by atoms with Crippen molar-refractivity contribution in [3.63, 3.8) is 0 Å². The van der Waals surface area contributed by atoms with Crippen molar-refractivity contribution in [2.45, 2.75) is 45.6 Å². The highest BCUT2D eigenvalue weighted by Crippen LogP contribution is 2.33. The molecule has 0 heterocycles. The third-order valence-electron chi connectivity index (χ3n) is 3.38. The highest BCUT2D eigenvalue weighted by molar-refractivity contribution is 4.94. The standard InChI is InChI=1S/C12H23N/c1-9(2)7-11-8-12(13-4)6-5-10(11)3/h10-13H,1,5-8H2,2-4H3. The van der Waals surface area contributed by atoms with Crippen molar-refractivity contribution in [3.05, 3.63) is 12.2 Å². The van der Waals surface area contributed by atoms with Gasteiger partial charge < -0.3 is 5.32 Å². The largest absolute Gasteiger partial charge is 0.317 e. The Kier molecular flexibility index (Phi) is 3.98.